The van der Waals surface area contributed by atoms with Gasteiger partial charge in [-0.25, -0.2) is 0 Å². The molecule has 1 fully saturated rings. The van der Waals surface area contributed by atoms with E-state index >= 15 is 0 Å². The molecule has 0 bridgehead atoms. The fourth-order valence-electron chi connectivity index (χ4n) is 1.77. The summed E-state index contributed by atoms with van der Waals surface area (Å²) in [6, 6.07) is -0.314. The predicted molar refractivity (Wildman–Crippen MR) is 62.9 cm³/mol. The van der Waals surface area contributed by atoms with E-state index in [1.807, 2.05) is 0 Å². The lowest BCUT2D eigenvalue weighted by Crippen LogP contribution is -2.40. The zero-order valence-electron chi connectivity index (χ0n) is 8.17. The van der Waals surface area contributed by atoms with Crippen molar-refractivity contribution < 1.29 is 4.79 Å². The summed E-state index contributed by atoms with van der Waals surface area (Å²) >= 11 is 10.9. The number of nitrogens with one attached hydrogen (secondary N) is 1. The lowest BCUT2D eigenvalue weighted by molar-refractivity contribution is -0.108. The number of hydrogen-bond acceptors (Lipinski definition) is 2. The molecule has 1 saturated carbocycles. The van der Waals surface area contributed by atoms with Crippen molar-refractivity contribution in [2.45, 2.75) is 38.1 Å². The maximum Gasteiger partial charge on any atom is 0.143 e. The van der Waals surface area contributed by atoms with Crippen molar-refractivity contribution in [1.82, 2.24) is 5.32 Å². The van der Waals surface area contributed by atoms with Gasteiger partial charge in [-0.1, -0.05) is 31.5 Å². The van der Waals surface area contributed by atoms with Gasteiger partial charge in [-0.3, -0.25) is 0 Å². The third-order valence-electron chi connectivity index (χ3n) is 2.63. The van der Waals surface area contributed by atoms with Gasteiger partial charge in [-0.05, 0) is 12.8 Å². The number of hydrogen-bond donors (Lipinski definition) is 1. The second-order valence-electron chi connectivity index (χ2n) is 3.74. The highest BCUT2D eigenvalue weighted by Crippen LogP contribution is 2.24. The van der Waals surface area contributed by atoms with Crippen molar-refractivity contribution in [2.24, 2.45) is 5.92 Å². The van der Waals surface area contributed by atoms with E-state index < -0.39 is 0 Å². The van der Waals surface area contributed by atoms with E-state index in [1.54, 1.807) is 0 Å². The molecule has 0 amide bonds. The van der Waals surface area contributed by atoms with Crippen LogP contribution in [0.3, 0.4) is 0 Å². The highest BCUT2D eigenvalue weighted by molar-refractivity contribution is 7.80. The lowest BCUT2D eigenvalue weighted by Gasteiger charge is -2.24. The molecule has 0 aromatic heterocycles. The first-order valence-electron chi connectivity index (χ1n) is 5.09. The molecule has 0 heterocycles. The summed E-state index contributed by atoms with van der Waals surface area (Å²) in [5.41, 5.74) is 0. The van der Waals surface area contributed by atoms with Crippen LogP contribution in [-0.2, 0) is 4.79 Å². The number of halogens is 1. The fourth-order valence-corrected chi connectivity index (χ4v) is 2.31. The van der Waals surface area contributed by atoms with Gasteiger partial charge in [0.15, 0.2) is 0 Å². The quantitative estimate of drug-likeness (QED) is 0.459. The Labute approximate surface area is 95.4 Å². The van der Waals surface area contributed by atoms with E-state index in [2.05, 4.69) is 5.32 Å². The molecule has 0 aromatic rings. The first-order chi connectivity index (χ1) is 6.77. The van der Waals surface area contributed by atoms with E-state index in [1.165, 1.54) is 19.3 Å². The van der Waals surface area contributed by atoms with Crippen molar-refractivity contribution in [3.05, 3.63) is 0 Å². The minimum absolute atomic E-state index is 0.288. The summed E-state index contributed by atoms with van der Waals surface area (Å²) in [5.74, 6) is 0.750. The van der Waals surface area contributed by atoms with Crippen LogP contribution in [-0.4, -0.2) is 23.2 Å². The third kappa shape index (κ3) is 3.54. The normalized spacial score (nSPS) is 20.1. The molecule has 0 radical (unpaired) electrons. The summed E-state index contributed by atoms with van der Waals surface area (Å²) in [6.07, 6.45) is 6.94. The topological polar surface area (TPSA) is 29.1 Å². The second-order valence-corrected chi connectivity index (χ2v) is 4.49. The van der Waals surface area contributed by atoms with Crippen LogP contribution in [0, 0.1) is 5.92 Å². The van der Waals surface area contributed by atoms with Crippen LogP contribution in [0.15, 0.2) is 0 Å². The van der Waals surface area contributed by atoms with Crippen LogP contribution in [0.5, 0.6) is 0 Å². The van der Waals surface area contributed by atoms with Crippen LogP contribution in [0.2, 0.25) is 0 Å². The van der Waals surface area contributed by atoms with Gasteiger partial charge < -0.3 is 10.1 Å². The van der Waals surface area contributed by atoms with Gasteiger partial charge in [0.25, 0.3) is 0 Å². The van der Waals surface area contributed by atoms with Gasteiger partial charge in [-0.2, -0.15) is 0 Å². The van der Waals surface area contributed by atoms with E-state index in [0.29, 0.717) is 5.92 Å². The van der Waals surface area contributed by atoms with Crippen LogP contribution in [0.4, 0.5) is 0 Å². The van der Waals surface area contributed by atoms with E-state index in [0.717, 1.165) is 24.1 Å². The summed E-state index contributed by atoms with van der Waals surface area (Å²) in [6.45, 7) is 0. The molecule has 14 heavy (non-hydrogen) atoms. The SMILES string of the molecule is O=CC(CCl)NC(=S)C1CCCCC1. The second kappa shape index (κ2) is 6.36. The number of carbonyl (C=O) groups excluding carboxylic acids is 1. The van der Waals surface area contributed by atoms with Crippen LogP contribution >= 0.6 is 23.8 Å². The molecule has 4 heteroatoms. The average Bonchev–Trinajstić information content (AvgIpc) is 2.26. The zero-order valence-corrected chi connectivity index (χ0v) is 9.74. The smallest absolute Gasteiger partial charge is 0.143 e. The summed E-state index contributed by atoms with van der Waals surface area (Å²) < 4.78 is 0. The molecule has 1 unspecified atom stereocenters. The molecule has 80 valence electrons. The van der Waals surface area contributed by atoms with Crippen molar-refractivity contribution in [3.8, 4) is 0 Å². The molecule has 1 N–H and O–H groups in total. The molecule has 2 nitrogen and oxygen atoms in total. The van der Waals surface area contributed by atoms with Gasteiger partial charge >= 0.3 is 0 Å². The maximum absolute atomic E-state index is 10.5. The molecule has 0 aromatic carbocycles. The highest BCUT2D eigenvalue weighted by Gasteiger charge is 2.19. The molecule has 1 rings (SSSR count). The summed E-state index contributed by atoms with van der Waals surface area (Å²) in [5, 5.41) is 3.02. The molecule has 1 atom stereocenters. The summed E-state index contributed by atoms with van der Waals surface area (Å²) in [7, 11) is 0. The van der Waals surface area contributed by atoms with E-state index in [-0.39, 0.29) is 11.9 Å². The van der Waals surface area contributed by atoms with E-state index in [4.69, 9.17) is 23.8 Å². The Kier molecular flexibility index (Phi) is 5.41. The van der Waals surface area contributed by atoms with Gasteiger partial charge in [0.2, 0.25) is 0 Å². The molecular weight excluding hydrogens is 218 g/mol. The first kappa shape index (κ1) is 11.9. The third-order valence-corrected chi connectivity index (χ3v) is 3.42. The standard InChI is InChI=1S/C10H16ClNOS/c11-6-9(7-13)12-10(14)8-4-2-1-3-5-8/h7-9H,1-6H2,(H,12,14). The number of rotatable bonds is 4. The monoisotopic (exact) mass is 233 g/mol. The molecule has 0 spiro atoms. The van der Waals surface area contributed by atoms with E-state index in [9.17, 15) is 4.79 Å². The van der Waals surface area contributed by atoms with Crippen LogP contribution < -0.4 is 5.32 Å². The van der Waals surface area contributed by atoms with Gasteiger partial charge in [0.05, 0.1) is 11.0 Å². The van der Waals surface area contributed by atoms with Crippen molar-refractivity contribution in [1.29, 1.82) is 0 Å². The Morgan fingerprint density at radius 3 is 2.64 bits per heavy atom. The first-order valence-corrected chi connectivity index (χ1v) is 6.04. The molecule has 0 saturated heterocycles. The van der Waals surface area contributed by atoms with Gasteiger partial charge in [-0.15, -0.1) is 11.6 Å². The molecule has 0 aliphatic heterocycles. The van der Waals surface area contributed by atoms with Crippen LogP contribution in [0.25, 0.3) is 0 Å². The maximum atomic E-state index is 10.5. The number of aldehydes is 1. The van der Waals surface area contributed by atoms with Gasteiger partial charge in [0.1, 0.15) is 6.29 Å². The Morgan fingerprint density at radius 1 is 1.50 bits per heavy atom. The Morgan fingerprint density at radius 2 is 2.14 bits per heavy atom. The predicted octanol–water partition coefficient (Wildman–Crippen LogP) is 2.29. The Hall–Kier alpha value is -0.150. The Balaban J connectivity index is 2.35. The molecule has 1 aliphatic carbocycles. The summed E-state index contributed by atoms with van der Waals surface area (Å²) in [4.78, 5) is 11.4. The number of alkyl halides is 1. The number of thiocarbonyl (C=S) groups is 1. The minimum Gasteiger partial charge on any atom is -0.369 e. The molecule has 1 aliphatic rings. The average molecular weight is 234 g/mol. The van der Waals surface area contributed by atoms with Crippen molar-refractivity contribution in [3.63, 3.8) is 0 Å². The number of carbonyl (C=O) groups is 1. The Bertz CT molecular complexity index is 204. The van der Waals surface area contributed by atoms with Crippen molar-refractivity contribution in [2.75, 3.05) is 5.88 Å². The minimum atomic E-state index is -0.314. The van der Waals surface area contributed by atoms with Gasteiger partial charge in [0, 0.05) is 11.8 Å². The van der Waals surface area contributed by atoms with Crippen LogP contribution in [0.1, 0.15) is 32.1 Å². The van der Waals surface area contributed by atoms with Crippen molar-refractivity contribution >= 4 is 35.1 Å². The fraction of sp³-hybridized carbons (Fsp3) is 0.800. The zero-order chi connectivity index (χ0) is 10.4. The largest absolute Gasteiger partial charge is 0.369 e. The highest BCUT2D eigenvalue weighted by atomic mass is 35.5. The lowest BCUT2D eigenvalue weighted by atomic mass is 9.89. The molecular formula is C10H16ClNOS.